The van der Waals surface area contributed by atoms with Crippen LogP contribution in [0.5, 0.6) is 0 Å². The van der Waals surface area contributed by atoms with Gasteiger partial charge < -0.3 is 16.0 Å². The fourth-order valence-corrected chi connectivity index (χ4v) is 3.42. The van der Waals surface area contributed by atoms with Crippen molar-refractivity contribution in [2.45, 2.75) is 51.6 Å². The number of anilines is 2. The van der Waals surface area contributed by atoms with Crippen molar-refractivity contribution < 1.29 is 4.79 Å². The van der Waals surface area contributed by atoms with Crippen LogP contribution in [0, 0.1) is 0 Å². The molecule has 1 aliphatic carbocycles. The van der Waals surface area contributed by atoms with E-state index in [4.69, 9.17) is 5.73 Å². The van der Waals surface area contributed by atoms with Gasteiger partial charge in [0.05, 0.1) is 0 Å². The molecule has 1 amide bonds. The minimum atomic E-state index is -0.00120. The van der Waals surface area contributed by atoms with E-state index in [0.717, 1.165) is 18.0 Å². The van der Waals surface area contributed by atoms with Gasteiger partial charge in [-0.3, -0.25) is 4.79 Å². The Hall–Kier alpha value is -1.30. The Bertz CT molecular complexity index is 451. The molecule has 1 fully saturated rings. The highest BCUT2D eigenvalue weighted by Crippen LogP contribution is 2.29. The molecule has 0 saturated heterocycles. The number of hydrogen-bond acceptors (Lipinski definition) is 5. The third-order valence-corrected chi connectivity index (χ3v) is 4.44. The molecule has 0 radical (unpaired) electrons. The highest BCUT2D eigenvalue weighted by atomic mass is 32.1. The molecule has 6 heteroatoms. The van der Waals surface area contributed by atoms with Crippen LogP contribution in [-0.2, 0) is 0 Å². The summed E-state index contributed by atoms with van der Waals surface area (Å²) in [5.74, 6) is 0.335. The standard InChI is InChI=1S/C13H22N4OS/c1-8(2)15-13-16-11(14)10(19-13)12(18)17(3)9-6-4-5-7-9/h8-9H,4-7,14H2,1-3H3,(H,15,16). The summed E-state index contributed by atoms with van der Waals surface area (Å²) in [6, 6.07) is 0.636. The van der Waals surface area contributed by atoms with E-state index in [-0.39, 0.29) is 11.9 Å². The first-order valence-electron chi connectivity index (χ1n) is 6.79. The number of hydrogen-bond donors (Lipinski definition) is 2. The van der Waals surface area contributed by atoms with E-state index in [0.29, 0.717) is 16.7 Å². The maximum atomic E-state index is 12.4. The molecule has 1 aromatic rings. The van der Waals surface area contributed by atoms with Crippen LogP contribution in [0.2, 0.25) is 0 Å². The van der Waals surface area contributed by atoms with Crippen molar-refractivity contribution in [3.8, 4) is 0 Å². The van der Waals surface area contributed by atoms with Crippen LogP contribution in [0.4, 0.5) is 10.9 Å². The van der Waals surface area contributed by atoms with Gasteiger partial charge in [-0.15, -0.1) is 0 Å². The molecule has 0 unspecified atom stereocenters. The molecule has 0 spiro atoms. The van der Waals surface area contributed by atoms with E-state index in [1.807, 2.05) is 25.8 Å². The molecule has 1 aliphatic rings. The monoisotopic (exact) mass is 282 g/mol. The van der Waals surface area contributed by atoms with E-state index in [1.54, 1.807) is 0 Å². The first-order valence-corrected chi connectivity index (χ1v) is 7.60. The number of nitrogens with two attached hydrogens (primary N) is 1. The second-order valence-corrected chi connectivity index (χ2v) is 6.39. The number of nitrogens with zero attached hydrogens (tertiary/aromatic N) is 2. The largest absolute Gasteiger partial charge is 0.382 e. The number of aromatic nitrogens is 1. The Kier molecular flexibility index (Phi) is 4.29. The molecule has 1 saturated carbocycles. The lowest BCUT2D eigenvalue weighted by atomic mass is 10.2. The Balaban J connectivity index is 2.11. The molecule has 19 heavy (non-hydrogen) atoms. The predicted octanol–water partition coefficient (Wildman–Crippen LogP) is 2.56. The van der Waals surface area contributed by atoms with Crippen LogP contribution in [0.1, 0.15) is 49.2 Å². The first-order chi connectivity index (χ1) is 8.99. The quantitative estimate of drug-likeness (QED) is 0.890. The summed E-state index contributed by atoms with van der Waals surface area (Å²) < 4.78 is 0. The minimum Gasteiger partial charge on any atom is -0.382 e. The maximum absolute atomic E-state index is 12.4. The first kappa shape index (κ1) is 14.1. The van der Waals surface area contributed by atoms with Gasteiger partial charge in [0.15, 0.2) is 5.13 Å². The van der Waals surface area contributed by atoms with Crippen molar-refractivity contribution in [2.75, 3.05) is 18.1 Å². The molecule has 106 valence electrons. The normalized spacial score (nSPS) is 16.0. The van der Waals surface area contributed by atoms with E-state index < -0.39 is 0 Å². The van der Waals surface area contributed by atoms with Gasteiger partial charge in [-0.2, -0.15) is 0 Å². The molecule has 1 aromatic heterocycles. The predicted molar refractivity (Wildman–Crippen MR) is 79.6 cm³/mol. The molecule has 0 bridgehead atoms. The van der Waals surface area contributed by atoms with Gasteiger partial charge in [-0.05, 0) is 26.7 Å². The zero-order valence-electron chi connectivity index (χ0n) is 11.8. The fourth-order valence-electron chi connectivity index (χ4n) is 2.41. The van der Waals surface area contributed by atoms with Crippen LogP contribution >= 0.6 is 11.3 Å². The van der Waals surface area contributed by atoms with Gasteiger partial charge in [-0.25, -0.2) is 4.98 Å². The van der Waals surface area contributed by atoms with Gasteiger partial charge in [0.2, 0.25) is 0 Å². The van der Waals surface area contributed by atoms with Crippen molar-refractivity contribution in [3.63, 3.8) is 0 Å². The zero-order chi connectivity index (χ0) is 14.0. The van der Waals surface area contributed by atoms with Crippen molar-refractivity contribution in [3.05, 3.63) is 4.88 Å². The second kappa shape index (κ2) is 5.77. The summed E-state index contributed by atoms with van der Waals surface area (Å²) in [5.41, 5.74) is 5.87. The van der Waals surface area contributed by atoms with Gasteiger partial charge in [0, 0.05) is 19.1 Å². The van der Waals surface area contributed by atoms with Gasteiger partial charge in [0.1, 0.15) is 10.7 Å². The SMILES string of the molecule is CC(C)Nc1nc(N)c(C(=O)N(C)C2CCCC2)s1. The third kappa shape index (κ3) is 3.18. The van der Waals surface area contributed by atoms with Crippen LogP contribution in [0.3, 0.4) is 0 Å². The van der Waals surface area contributed by atoms with E-state index in [9.17, 15) is 4.79 Å². The lowest BCUT2D eigenvalue weighted by molar-refractivity contribution is 0.0741. The zero-order valence-corrected chi connectivity index (χ0v) is 12.6. The Labute approximate surface area is 118 Å². The molecular weight excluding hydrogens is 260 g/mol. The minimum absolute atomic E-state index is 0.00120. The summed E-state index contributed by atoms with van der Waals surface area (Å²) in [4.78, 5) is 19.0. The van der Waals surface area contributed by atoms with E-state index in [2.05, 4.69) is 10.3 Å². The Morgan fingerprint density at radius 1 is 1.47 bits per heavy atom. The van der Waals surface area contributed by atoms with Gasteiger partial charge in [0.25, 0.3) is 5.91 Å². The summed E-state index contributed by atoms with van der Waals surface area (Å²) >= 11 is 1.34. The van der Waals surface area contributed by atoms with Crippen molar-refractivity contribution in [1.82, 2.24) is 9.88 Å². The topological polar surface area (TPSA) is 71.2 Å². The van der Waals surface area contributed by atoms with Crippen molar-refractivity contribution >= 4 is 28.2 Å². The number of nitrogens with one attached hydrogen (secondary N) is 1. The van der Waals surface area contributed by atoms with Gasteiger partial charge in [-0.1, -0.05) is 24.2 Å². The molecule has 0 atom stereocenters. The third-order valence-electron chi connectivity index (χ3n) is 3.45. The summed E-state index contributed by atoms with van der Waals surface area (Å²) in [5, 5.41) is 3.90. The molecule has 0 aliphatic heterocycles. The second-order valence-electron chi connectivity index (χ2n) is 5.39. The van der Waals surface area contributed by atoms with Crippen LogP contribution < -0.4 is 11.1 Å². The Morgan fingerprint density at radius 3 is 2.68 bits per heavy atom. The number of rotatable bonds is 4. The average molecular weight is 282 g/mol. The lowest BCUT2D eigenvalue weighted by Crippen LogP contribution is -2.35. The number of carbonyl (C=O) groups excluding carboxylic acids is 1. The molecular formula is C13H22N4OS. The number of thiazole rings is 1. The smallest absolute Gasteiger partial charge is 0.267 e. The molecule has 3 N–H and O–H groups in total. The molecule has 5 nitrogen and oxygen atoms in total. The Morgan fingerprint density at radius 2 is 2.11 bits per heavy atom. The molecule has 0 aromatic carbocycles. The highest BCUT2D eigenvalue weighted by Gasteiger charge is 2.27. The number of nitrogen functional groups attached to an aromatic ring is 1. The van der Waals surface area contributed by atoms with E-state index >= 15 is 0 Å². The summed E-state index contributed by atoms with van der Waals surface area (Å²) in [7, 11) is 1.87. The number of carbonyl (C=O) groups is 1. The lowest BCUT2D eigenvalue weighted by Gasteiger charge is -2.23. The van der Waals surface area contributed by atoms with Crippen LogP contribution in [-0.4, -0.2) is 34.9 Å². The van der Waals surface area contributed by atoms with Crippen LogP contribution in [0.15, 0.2) is 0 Å². The fraction of sp³-hybridized carbons (Fsp3) is 0.692. The summed E-state index contributed by atoms with van der Waals surface area (Å²) in [6.07, 6.45) is 4.61. The molecule has 2 rings (SSSR count). The van der Waals surface area contributed by atoms with E-state index in [1.165, 1.54) is 24.2 Å². The number of amides is 1. The van der Waals surface area contributed by atoms with Crippen molar-refractivity contribution in [1.29, 1.82) is 0 Å². The van der Waals surface area contributed by atoms with Gasteiger partial charge >= 0.3 is 0 Å². The molecule has 1 heterocycles. The summed E-state index contributed by atoms with van der Waals surface area (Å²) in [6.45, 7) is 4.06. The maximum Gasteiger partial charge on any atom is 0.267 e. The highest BCUT2D eigenvalue weighted by molar-refractivity contribution is 7.18. The average Bonchev–Trinajstić information content (AvgIpc) is 2.96. The van der Waals surface area contributed by atoms with Crippen LogP contribution in [0.25, 0.3) is 0 Å². The van der Waals surface area contributed by atoms with Crippen molar-refractivity contribution in [2.24, 2.45) is 0 Å².